The van der Waals surface area contributed by atoms with E-state index < -0.39 is 0 Å². The van der Waals surface area contributed by atoms with Crippen LogP contribution in [0.5, 0.6) is 0 Å². The van der Waals surface area contributed by atoms with Gasteiger partial charge in [-0.15, -0.1) is 0 Å². The Kier molecular flexibility index (Phi) is 3.51. The van der Waals surface area contributed by atoms with Gasteiger partial charge in [-0.05, 0) is 13.8 Å². The molecule has 1 aliphatic heterocycles. The highest BCUT2D eigenvalue weighted by Gasteiger charge is 2.22. The van der Waals surface area contributed by atoms with Crippen molar-refractivity contribution in [3.63, 3.8) is 0 Å². The van der Waals surface area contributed by atoms with Crippen LogP contribution in [0.4, 0.5) is 11.6 Å². The molecule has 0 aliphatic carbocycles. The van der Waals surface area contributed by atoms with E-state index in [2.05, 4.69) is 34.8 Å². The smallest absolute Gasteiger partial charge is 0.163 e. The second-order valence-corrected chi connectivity index (χ2v) is 6.09. The minimum absolute atomic E-state index is 0.820. The van der Waals surface area contributed by atoms with Crippen LogP contribution in [0.2, 0.25) is 0 Å². The van der Waals surface area contributed by atoms with E-state index in [0.717, 1.165) is 60.4 Å². The Morgan fingerprint density at radius 3 is 2.46 bits per heavy atom. The molecule has 3 aromatic rings. The number of aryl methyl sites for hydroxylation is 3. The Morgan fingerprint density at radius 1 is 0.958 bits per heavy atom. The fourth-order valence-electron chi connectivity index (χ4n) is 3.21. The molecule has 0 bridgehead atoms. The lowest BCUT2D eigenvalue weighted by Crippen LogP contribution is -2.47. The second-order valence-electron chi connectivity index (χ2n) is 6.09. The summed E-state index contributed by atoms with van der Waals surface area (Å²) in [5.41, 5.74) is 1.87. The van der Waals surface area contributed by atoms with Crippen molar-refractivity contribution in [2.45, 2.75) is 13.8 Å². The standard InChI is InChI=1S/C16H20N8/c1-11-8-14(21-12(2)20-11)23-4-6-24(7-5-23)16-13-9-19-22(3)15(13)17-10-18-16/h8-10H,4-7H2,1-3H3. The zero-order valence-electron chi connectivity index (χ0n) is 14.1. The molecule has 24 heavy (non-hydrogen) atoms. The number of aromatic nitrogens is 6. The van der Waals surface area contributed by atoms with Gasteiger partial charge in [-0.2, -0.15) is 5.10 Å². The summed E-state index contributed by atoms with van der Waals surface area (Å²) in [6.07, 6.45) is 3.46. The van der Waals surface area contributed by atoms with Gasteiger partial charge in [-0.1, -0.05) is 0 Å². The molecule has 0 spiro atoms. The molecule has 0 amide bonds. The van der Waals surface area contributed by atoms with Crippen LogP contribution in [0.15, 0.2) is 18.6 Å². The topological polar surface area (TPSA) is 75.9 Å². The van der Waals surface area contributed by atoms with Gasteiger partial charge in [0.2, 0.25) is 0 Å². The maximum Gasteiger partial charge on any atom is 0.163 e. The maximum absolute atomic E-state index is 4.57. The third-order valence-corrected chi connectivity index (χ3v) is 4.36. The van der Waals surface area contributed by atoms with E-state index in [1.54, 1.807) is 11.0 Å². The first-order valence-electron chi connectivity index (χ1n) is 8.07. The first-order chi connectivity index (χ1) is 11.6. The van der Waals surface area contributed by atoms with Crippen molar-refractivity contribution in [2.75, 3.05) is 36.0 Å². The minimum atomic E-state index is 0.820. The van der Waals surface area contributed by atoms with Crippen LogP contribution in [-0.2, 0) is 7.05 Å². The molecule has 8 nitrogen and oxygen atoms in total. The molecule has 3 aromatic heterocycles. The largest absolute Gasteiger partial charge is 0.353 e. The SMILES string of the molecule is Cc1cc(N2CCN(c3ncnc4c3cnn4C)CC2)nc(C)n1. The number of piperazine rings is 1. The molecule has 1 saturated heterocycles. The molecule has 124 valence electrons. The third kappa shape index (κ3) is 2.53. The predicted octanol–water partition coefficient (Wildman–Crippen LogP) is 1.10. The van der Waals surface area contributed by atoms with Gasteiger partial charge in [0.1, 0.15) is 23.8 Å². The molecule has 0 unspecified atom stereocenters. The minimum Gasteiger partial charge on any atom is -0.353 e. The molecular weight excluding hydrogens is 304 g/mol. The monoisotopic (exact) mass is 324 g/mol. The van der Waals surface area contributed by atoms with Crippen LogP contribution in [0.1, 0.15) is 11.5 Å². The van der Waals surface area contributed by atoms with Gasteiger partial charge in [0.05, 0.1) is 11.6 Å². The van der Waals surface area contributed by atoms with Gasteiger partial charge in [-0.25, -0.2) is 19.9 Å². The Morgan fingerprint density at radius 2 is 1.71 bits per heavy atom. The van der Waals surface area contributed by atoms with Crippen LogP contribution in [-0.4, -0.2) is 55.9 Å². The Labute approximate surface area is 140 Å². The van der Waals surface area contributed by atoms with Crippen molar-refractivity contribution in [3.05, 3.63) is 30.1 Å². The number of anilines is 2. The summed E-state index contributed by atoms with van der Waals surface area (Å²) in [7, 11) is 1.90. The number of rotatable bonds is 2. The molecule has 4 heterocycles. The van der Waals surface area contributed by atoms with E-state index in [0.29, 0.717) is 0 Å². The van der Waals surface area contributed by atoms with Gasteiger partial charge in [-0.3, -0.25) is 4.68 Å². The molecule has 0 atom stereocenters. The van der Waals surface area contributed by atoms with E-state index in [4.69, 9.17) is 0 Å². The van der Waals surface area contributed by atoms with Crippen molar-refractivity contribution in [3.8, 4) is 0 Å². The predicted molar refractivity (Wildman–Crippen MR) is 92.2 cm³/mol. The Hall–Kier alpha value is -2.77. The van der Waals surface area contributed by atoms with Gasteiger partial charge < -0.3 is 9.80 Å². The summed E-state index contributed by atoms with van der Waals surface area (Å²) < 4.78 is 1.78. The van der Waals surface area contributed by atoms with E-state index >= 15 is 0 Å². The van der Waals surface area contributed by atoms with E-state index in [-0.39, 0.29) is 0 Å². The Balaban J connectivity index is 1.55. The van der Waals surface area contributed by atoms with Crippen molar-refractivity contribution in [1.82, 2.24) is 29.7 Å². The molecule has 0 saturated carbocycles. The van der Waals surface area contributed by atoms with Crippen LogP contribution >= 0.6 is 0 Å². The van der Waals surface area contributed by atoms with Crippen LogP contribution < -0.4 is 9.80 Å². The van der Waals surface area contributed by atoms with Crippen LogP contribution in [0, 0.1) is 13.8 Å². The first-order valence-corrected chi connectivity index (χ1v) is 8.07. The average Bonchev–Trinajstić information content (AvgIpc) is 2.96. The zero-order valence-corrected chi connectivity index (χ0v) is 14.1. The lowest BCUT2D eigenvalue weighted by atomic mass is 10.2. The van der Waals surface area contributed by atoms with Crippen molar-refractivity contribution in [1.29, 1.82) is 0 Å². The van der Waals surface area contributed by atoms with Crippen molar-refractivity contribution < 1.29 is 0 Å². The quantitative estimate of drug-likeness (QED) is 0.698. The highest BCUT2D eigenvalue weighted by atomic mass is 15.3. The summed E-state index contributed by atoms with van der Waals surface area (Å²) >= 11 is 0. The van der Waals surface area contributed by atoms with Crippen LogP contribution in [0.25, 0.3) is 11.0 Å². The zero-order chi connectivity index (χ0) is 16.7. The number of hydrogen-bond donors (Lipinski definition) is 0. The first kappa shape index (κ1) is 14.8. The summed E-state index contributed by atoms with van der Waals surface area (Å²) in [6.45, 7) is 7.54. The summed E-state index contributed by atoms with van der Waals surface area (Å²) in [4.78, 5) is 22.3. The van der Waals surface area contributed by atoms with Gasteiger partial charge >= 0.3 is 0 Å². The Bertz CT molecular complexity index is 859. The molecular formula is C16H20N8. The summed E-state index contributed by atoms with van der Waals surface area (Å²) in [5.74, 6) is 2.79. The van der Waals surface area contributed by atoms with Crippen molar-refractivity contribution >= 4 is 22.7 Å². The van der Waals surface area contributed by atoms with Crippen LogP contribution in [0.3, 0.4) is 0 Å². The van der Waals surface area contributed by atoms with Gasteiger partial charge in [0, 0.05) is 45.0 Å². The number of hydrogen-bond acceptors (Lipinski definition) is 7. The van der Waals surface area contributed by atoms with E-state index in [1.165, 1.54) is 0 Å². The second kappa shape index (κ2) is 5.70. The lowest BCUT2D eigenvalue weighted by molar-refractivity contribution is 0.641. The molecule has 0 radical (unpaired) electrons. The highest BCUT2D eigenvalue weighted by Crippen LogP contribution is 2.24. The fraction of sp³-hybridized carbons (Fsp3) is 0.438. The molecule has 0 aromatic carbocycles. The molecule has 1 aliphatic rings. The summed E-state index contributed by atoms with van der Waals surface area (Å²) in [5, 5.41) is 5.30. The van der Waals surface area contributed by atoms with Crippen molar-refractivity contribution in [2.24, 2.45) is 7.05 Å². The molecule has 8 heteroatoms. The summed E-state index contributed by atoms with van der Waals surface area (Å²) in [6, 6.07) is 2.05. The lowest BCUT2D eigenvalue weighted by Gasteiger charge is -2.36. The molecule has 1 fully saturated rings. The van der Waals surface area contributed by atoms with E-state index in [1.807, 2.05) is 33.2 Å². The maximum atomic E-state index is 4.57. The third-order valence-electron chi connectivity index (χ3n) is 4.36. The number of nitrogens with zero attached hydrogens (tertiary/aromatic N) is 8. The molecule has 0 N–H and O–H groups in total. The van der Waals surface area contributed by atoms with E-state index in [9.17, 15) is 0 Å². The molecule has 4 rings (SSSR count). The van der Waals surface area contributed by atoms with Gasteiger partial charge in [0.15, 0.2) is 5.65 Å². The average molecular weight is 324 g/mol. The highest BCUT2D eigenvalue weighted by molar-refractivity contribution is 5.86. The fourth-order valence-corrected chi connectivity index (χ4v) is 3.21. The normalized spacial score (nSPS) is 15.3. The van der Waals surface area contributed by atoms with Gasteiger partial charge in [0.25, 0.3) is 0 Å². The number of fused-ring (bicyclic) bond motifs is 1.